The molecule has 0 aromatic heterocycles. The van der Waals surface area contributed by atoms with E-state index in [1.807, 2.05) is 19.9 Å². The Morgan fingerprint density at radius 3 is 2.69 bits per heavy atom. The number of hydrogen-bond donors (Lipinski definition) is 1. The molecule has 1 heterocycles. The molecule has 1 aliphatic heterocycles. The lowest BCUT2D eigenvalue weighted by atomic mass is 9.89. The fourth-order valence-electron chi connectivity index (χ4n) is 1.96. The fourth-order valence-corrected chi connectivity index (χ4v) is 2.77. The van der Waals surface area contributed by atoms with Crippen molar-refractivity contribution in [3.05, 3.63) is 21.7 Å². The third kappa shape index (κ3) is 1.80. The maximum absolute atomic E-state index is 6.18. The minimum atomic E-state index is -0.380. The first-order chi connectivity index (χ1) is 7.45. The summed E-state index contributed by atoms with van der Waals surface area (Å²) in [7, 11) is 0. The highest BCUT2D eigenvalue weighted by Gasteiger charge is 2.27. The number of halogens is 1. The Hall–Kier alpha value is -0.740. The minimum Gasteiger partial charge on any atom is -0.454 e. The molecule has 0 saturated heterocycles. The third-order valence-corrected chi connectivity index (χ3v) is 3.59. The van der Waals surface area contributed by atoms with Crippen LogP contribution in [0, 0.1) is 0 Å². The molecule has 0 atom stereocenters. The summed E-state index contributed by atoms with van der Waals surface area (Å²) in [6, 6.07) is 1.99. The summed E-state index contributed by atoms with van der Waals surface area (Å²) in [6.07, 6.45) is 0.910. The van der Waals surface area contributed by atoms with Gasteiger partial charge < -0.3 is 15.2 Å². The Kier molecular flexibility index (Phi) is 2.88. The smallest absolute Gasteiger partial charge is 0.231 e. The number of ether oxygens (including phenoxy) is 2. The van der Waals surface area contributed by atoms with Crippen LogP contribution in [0.25, 0.3) is 0 Å². The monoisotopic (exact) mass is 285 g/mol. The SMILES string of the molecule is CCc1c(C(C)(C)N)cc2c(c1Br)OCO2. The average molecular weight is 286 g/mol. The van der Waals surface area contributed by atoms with Gasteiger partial charge in [-0.3, -0.25) is 0 Å². The topological polar surface area (TPSA) is 44.5 Å². The van der Waals surface area contributed by atoms with Crippen molar-refractivity contribution >= 4 is 15.9 Å². The van der Waals surface area contributed by atoms with Crippen LogP contribution in [0.4, 0.5) is 0 Å². The van der Waals surface area contributed by atoms with Crippen molar-refractivity contribution in [1.82, 2.24) is 0 Å². The second kappa shape index (κ2) is 3.93. The minimum absolute atomic E-state index is 0.283. The Labute approximate surface area is 104 Å². The molecule has 2 rings (SSSR count). The van der Waals surface area contributed by atoms with Gasteiger partial charge in [0, 0.05) is 5.54 Å². The second-order valence-corrected chi connectivity index (χ2v) is 5.32. The summed E-state index contributed by atoms with van der Waals surface area (Å²) in [4.78, 5) is 0. The fraction of sp³-hybridized carbons (Fsp3) is 0.500. The Bertz CT molecular complexity index is 424. The Morgan fingerprint density at radius 2 is 2.12 bits per heavy atom. The molecule has 0 amide bonds. The molecule has 1 aliphatic rings. The largest absolute Gasteiger partial charge is 0.454 e. The van der Waals surface area contributed by atoms with Crippen molar-refractivity contribution in [2.75, 3.05) is 6.79 Å². The van der Waals surface area contributed by atoms with Gasteiger partial charge in [-0.1, -0.05) is 6.92 Å². The lowest BCUT2D eigenvalue weighted by Crippen LogP contribution is -2.30. The number of nitrogens with two attached hydrogens (primary N) is 1. The molecule has 0 radical (unpaired) electrons. The van der Waals surface area contributed by atoms with Crippen LogP contribution >= 0.6 is 15.9 Å². The van der Waals surface area contributed by atoms with Crippen molar-refractivity contribution in [3.8, 4) is 11.5 Å². The van der Waals surface area contributed by atoms with Crippen LogP contribution in [0.15, 0.2) is 10.5 Å². The quantitative estimate of drug-likeness (QED) is 0.909. The zero-order valence-corrected chi connectivity index (χ0v) is 11.3. The molecular weight excluding hydrogens is 270 g/mol. The number of benzene rings is 1. The van der Waals surface area contributed by atoms with Gasteiger partial charge >= 0.3 is 0 Å². The van der Waals surface area contributed by atoms with Gasteiger partial charge in [0.25, 0.3) is 0 Å². The van der Waals surface area contributed by atoms with E-state index in [-0.39, 0.29) is 12.3 Å². The van der Waals surface area contributed by atoms with E-state index < -0.39 is 0 Å². The van der Waals surface area contributed by atoms with Crippen LogP contribution in [0.2, 0.25) is 0 Å². The van der Waals surface area contributed by atoms with Crippen molar-refractivity contribution in [2.24, 2.45) is 5.73 Å². The maximum Gasteiger partial charge on any atom is 0.231 e. The molecular formula is C12H16BrNO2. The van der Waals surface area contributed by atoms with Crippen LogP contribution < -0.4 is 15.2 Å². The first kappa shape index (κ1) is 11.7. The average Bonchev–Trinajstić information content (AvgIpc) is 2.64. The molecule has 0 aliphatic carbocycles. The molecule has 3 nitrogen and oxygen atoms in total. The molecule has 1 aromatic rings. The lowest BCUT2D eigenvalue weighted by Gasteiger charge is -2.24. The van der Waals surface area contributed by atoms with Crippen LogP contribution in [-0.2, 0) is 12.0 Å². The van der Waals surface area contributed by atoms with Gasteiger partial charge in [-0.2, -0.15) is 0 Å². The molecule has 16 heavy (non-hydrogen) atoms. The molecule has 0 spiro atoms. The molecule has 88 valence electrons. The van der Waals surface area contributed by atoms with Crippen molar-refractivity contribution in [3.63, 3.8) is 0 Å². The molecule has 4 heteroatoms. The lowest BCUT2D eigenvalue weighted by molar-refractivity contribution is 0.173. The second-order valence-electron chi connectivity index (χ2n) is 4.53. The van der Waals surface area contributed by atoms with E-state index in [1.54, 1.807) is 0 Å². The molecule has 0 bridgehead atoms. The first-order valence-electron chi connectivity index (χ1n) is 5.35. The van der Waals surface area contributed by atoms with Gasteiger partial charge in [0.2, 0.25) is 6.79 Å². The van der Waals surface area contributed by atoms with Gasteiger partial charge in [-0.25, -0.2) is 0 Å². The molecule has 0 unspecified atom stereocenters. The van der Waals surface area contributed by atoms with E-state index in [4.69, 9.17) is 15.2 Å². The van der Waals surface area contributed by atoms with Gasteiger partial charge in [0.05, 0.1) is 4.47 Å². The first-order valence-corrected chi connectivity index (χ1v) is 6.14. The zero-order chi connectivity index (χ0) is 11.9. The highest BCUT2D eigenvalue weighted by molar-refractivity contribution is 9.10. The Morgan fingerprint density at radius 1 is 1.44 bits per heavy atom. The van der Waals surface area contributed by atoms with Gasteiger partial charge in [-0.05, 0) is 53.4 Å². The van der Waals surface area contributed by atoms with E-state index in [9.17, 15) is 0 Å². The molecule has 0 fully saturated rings. The summed E-state index contributed by atoms with van der Waals surface area (Å²) >= 11 is 3.58. The maximum atomic E-state index is 6.18. The normalized spacial score (nSPS) is 14.3. The van der Waals surface area contributed by atoms with E-state index in [1.165, 1.54) is 5.56 Å². The number of hydrogen-bond acceptors (Lipinski definition) is 3. The van der Waals surface area contributed by atoms with E-state index >= 15 is 0 Å². The van der Waals surface area contributed by atoms with E-state index in [2.05, 4.69) is 22.9 Å². The van der Waals surface area contributed by atoms with Gasteiger partial charge in [-0.15, -0.1) is 0 Å². The van der Waals surface area contributed by atoms with Crippen molar-refractivity contribution < 1.29 is 9.47 Å². The van der Waals surface area contributed by atoms with Crippen molar-refractivity contribution in [2.45, 2.75) is 32.7 Å². The predicted molar refractivity (Wildman–Crippen MR) is 66.9 cm³/mol. The standard InChI is InChI=1S/C12H16BrNO2/c1-4-7-8(12(2,3)14)5-9-11(10(7)13)16-6-15-9/h5H,4,6,14H2,1-3H3. The van der Waals surface area contributed by atoms with Crippen molar-refractivity contribution in [1.29, 1.82) is 0 Å². The summed E-state index contributed by atoms with van der Waals surface area (Å²) < 4.78 is 11.8. The van der Waals surface area contributed by atoms with Gasteiger partial charge in [0.1, 0.15) is 0 Å². The zero-order valence-electron chi connectivity index (χ0n) is 9.76. The van der Waals surface area contributed by atoms with Crippen LogP contribution in [0.1, 0.15) is 31.9 Å². The summed E-state index contributed by atoms with van der Waals surface area (Å²) in [5.74, 6) is 1.57. The van der Waals surface area contributed by atoms with Crippen LogP contribution in [0.5, 0.6) is 11.5 Å². The number of rotatable bonds is 2. The summed E-state index contributed by atoms with van der Waals surface area (Å²) in [5.41, 5.74) is 8.09. The summed E-state index contributed by atoms with van der Waals surface area (Å²) in [6.45, 7) is 6.38. The van der Waals surface area contributed by atoms with E-state index in [0.717, 1.165) is 28.0 Å². The number of fused-ring (bicyclic) bond motifs is 1. The van der Waals surface area contributed by atoms with Gasteiger partial charge in [0.15, 0.2) is 11.5 Å². The highest BCUT2D eigenvalue weighted by atomic mass is 79.9. The molecule has 2 N–H and O–H groups in total. The predicted octanol–water partition coefficient (Wildman–Crippen LogP) is 2.93. The highest BCUT2D eigenvalue weighted by Crippen LogP contribution is 2.45. The van der Waals surface area contributed by atoms with Crippen LogP contribution in [-0.4, -0.2) is 6.79 Å². The summed E-state index contributed by atoms with van der Waals surface area (Å²) in [5, 5.41) is 0. The van der Waals surface area contributed by atoms with E-state index in [0.29, 0.717) is 0 Å². The molecule has 1 aromatic carbocycles. The van der Waals surface area contributed by atoms with Crippen LogP contribution in [0.3, 0.4) is 0 Å². The molecule has 0 saturated carbocycles. The third-order valence-electron chi connectivity index (χ3n) is 2.75. The Balaban J connectivity index is 2.66.